The molecule has 1 amide bonds. The summed E-state index contributed by atoms with van der Waals surface area (Å²) in [5.41, 5.74) is 6.87. The van der Waals surface area contributed by atoms with Crippen molar-refractivity contribution in [2.45, 2.75) is 43.7 Å². The Kier molecular flexibility index (Phi) is 5.30. The first-order chi connectivity index (χ1) is 10.0. The number of ether oxygens (including phenoxy) is 1. The lowest BCUT2D eigenvalue weighted by atomic mass is 10.0. The van der Waals surface area contributed by atoms with Gasteiger partial charge in [0.2, 0.25) is 5.91 Å². The van der Waals surface area contributed by atoms with Gasteiger partial charge in [0.15, 0.2) is 0 Å². The molecule has 0 bridgehead atoms. The molecule has 6 heteroatoms. The third-order valence-corrected chi connectivity index (χ3v) is 3.76. The van der Waals surface area contributed by atoms with Crippen LogP contribution in [0.25, 0.3) is 0 Å². The van der Waals surface area contributed by atoms with E-state index in [4.69, 9.17) is 10.5 Å². The van der Waals surface area contributed by atoms with Gasteiger partial charge in [-0.2, -0.15) is 0 Å². The Hall–Kier alpha value is -1.47. The topological polar surface area (TPSA) is 105 Å². The highest BCUT2D eigenvalue weighted by Crippen LogP contribution is 2.20. The Bertz CT molecular complexity index is 468. The molecule has 1 aliphatic heterocycles. The normalized spacial score (nSPS) is 30.1. The minimum Gasteiger partial charge on any atom is -0.394 e. The zero-order valence-corrected chi connectivity index (χ0v) is 12.0. The van der Waals surface area contributed by atoms with Crippen LogP contribution in [0, 0.1) is 0 Å². The van der Waals surface area contributed by atoms with E-state index in [1.54, 1.807) is 6.92 Å². The summed E-state index contributed by atoms with van der Waals surface area (Å²) in [6.45, 7) is 1.43. The molecule has 1 saturated heterocycles. The second-order valence-corrected chi connectivity index (χ2v) is 5.38. The van der Waals surface area contributed by atoms with Gasteiger partial charge in [0.25, 0.3) is 0 Å². The van der Waals surface area contributed by atoms with Gasteiger partial charge in [-0.05, 0) is 18.9 Å². The molecule has 0 saturated carbocycles. The second kappa shape index (κ2) is 7.00. The van der Waals surface area contributed by atoms with Crippen molar-refractivity contribution in [3.63, 3.8) is 0 Å². The van der Waals surface area contributed by atoms with Crippen molar-refractivity contribution >= 4 is 5.91 Å². The fourth-order valence-corrected chi connectivity index (χ4v) is 2.52. The number of hydrogen-bond donors (Lipinski definition) is 4. The predicted molar refractivity (Wildman–Crippen MR) is 77.5 cm³/mol. The summed E-state index contributed by atoms with van der Waals surface area (Å²) in [6.07, 6.45) is -1.48. The van der Waals surface area contributed by atoms with Gasteiger partial charge in [-0.1, -0.05) is 30.3 Å². The summed E-state index contributed by atoms with van der Waals surface area (Å²) in [6, 6.07) is 8.12. The van der Waals surface area contributed by atoms with E-state index in [0.717, 1.165) is 5.56 Å². The van der Waals surface area contributed by atoms with Crippen LogP contribution >= 0.6 is 0 Å². The van der Waals surface area contributed by atoms with E-state index in [1.165, 1.54) is 0 Å². The number of amides is 1. The summed E-state index contributed by atoms with van der Waals surface area (Å²) in [7, 11) is 0. The molecule has 1 aromatic rings. The van der Waals surface area contributed by atoms with E-state index < -0.39 is 30.4 Å². The largest absolute Gasteiger partial charge is 0.394 e. The van der Waals surface area contributed by atoms with Crippen LogP contribution in [0.4, 0.5) is 0 Å². The predicted octanol–water partition coefficient (Wildman–Crippen LogP) is -0.818. The van der Waals surface area contributed by atoms with Crippen LogP contribution in [0.15, 0.2) is 30.3 Å². The number of nitrogens with two attached hydrogens (primary N) is 1. The van der Waals surface area contributed by atoms with Crippen LogP contribution in [0.5, 0.6) is 0 Å². The quantitative estimate of drug-likeness (QED) is 0.568. The van der Waals surface area contributed by atoms with Gasteiger partial charge in [-0.25, -0.2) is 0 Å². The van der Waals surface area contributed by atoms with E-state index >= 15 is 0 Å². The molecule has 0 aromatic heterocycles. The van der Waals surface area contributed by atoms with Crippen molar-refractivity contribution in [2.24, 2.45) is 5.73 Å². The van der Waals surface area contributed by atoms with Crippen LogP contribution in [-0.2, 0) is 16.0 Å². The summed E-state index contributed by atoms with van der Waals surface area (Å²) < 4.78 is 5.38. The number of carbonyl (C=O) groups is 1. The van der Waals surface area contributed by atoms with Gasteiger partial charge >= 0.3 is 0 Å². The summed E-state index contributed by atoms with van der Waals surface area (Å²) in [5.74, 6) is -0.362. The van der Waals surface area contributed by atoms with Crippen molar-refractivity contribution in [3.05, 3.63) is 35.9 Å². The van der Waals surface area contributed by atoms with E-state index in [1.807, 2.05) is 30.3 Å². The zero-order chi connectivity index (χ0) is 15.4. The van der Waals surface area contributed by atoms with Crippen molar-refractivity contribution in [3.8, 4) is 0 Å². The number of hydrogen-bond acceptors (Lipinski definition) is 5. The first-order valence-corrected chi connectivity index (χ1v) is 7.07. The van der Waals surface area contributed by atoms with E-state index in [2.05, 4.69) is 5.32 Å². The molecule has 2 unspecified atom stereocenters. The third-order valence-electron chi connectivity index (χ3n) is 3.76. The maximum absolute atomic E-state index is 12.1. The number of nitrogens with one attached hydrogen (secondary N) is 1. The van der Waals surface area contributed by atoms with Gasteiger partial charge in [0.1, 0.15) is 12.2 Å². The van der Waals surface area contributed by atoms with Crippen LogP contribution < -0.4 is 11.1 Å². The lowest BCUT2D eigenvalue weighted by molar-refractivity contribution is -0.124. The number of carbonyl (C=O) groups excluding carboxylic acids is 1. The molecule has 21 heavy (non-hydrogen) atoms. The molecular weight excluding hydrogens is 272 g/mol. The van der Waals surface area contributed by atoms with E-state index in [-0.39, 0.29) is 12.5 Å². The molecule has 0 radical (unpaired) electrons. The Labute approximate surface area is 123 Å². The van der Waals surface area contributed by atoms with Crippen molar-refractivity contribution in [1.29, 1.82) is 0 Å². The smallest absolute Gasteiger partial charge is 0.237 e. The van der Waals surface area contributed by atoms with Crippen LogP contribution in [-0.4, -0.2) is 53.1 Å². The van der Waals surface area contributed by atoms with Crippen molar-refractivity contribution in [2.75, 3.05) is 6.61 Å². The first-order valence-electron chi connectivity index (χ1n) is 7.07. The van der Waals surface area contributed by atoms with Gasteiger partial charge in [0, 0.05) is 0 Å². The standard InChI is InChI=1S/C15H22N2O4/c1-9-14(19)13(12(8-18)21-9)17-15(20)11(16)7-10-5-3-2-4-6-10/h2-6,9,11-14,18-19H,7-8,16H2,1H3,(H,17,20)/t9-,11?,12+,13-,14?/m0/s1. The fraction of sp³-hybridized carbons (Fsp3) is 0.533. The summed E-state index contributed by atoms with van der Waals surface area (Å²) in [4.78, 5) is 12.1. The molecule has 1 fully saturated rings. The van der Waals surface area contributed by atoms with Gasteiger partial charge in [0.05, 0.1) is 24.8 Å². The highest BCUT2D eigenvalue weighted by molar-refractivity contribution is 5.82. The maximum Gasteiger partial charge on any atom is 0.237 e. The number of benzene rings is 1. The van der Waals surface area contributed by atoms with Gasteiger partial charge < -0.3 is 26.0 Å². The SMILES string of the molecule is C[C@@H]1O[C@H](CO)[C@H](NC(=O)C(N)Cc2ccccc2)C1O. The lowest BCUT2D eigenvalue weighted by Crippen LogP contribution is -2.53. The van der Waals surface area contributed by atoms with Gasteiger partial charge in [-0.3, -0.25) is 4.79 Å². The molecule has 1 heterocycles. The average molecular weight is 294 g/mol. The van der Waals surface area contributed by atoms with E-state index in [9.17, 15) is 15.0 Å². The minimum absolute atomic E-state index is 0.264. The molecule has 6 nitrogen and oxygen atoms in total. The number of aliphatic hydroxyl groups is 2. The molecule has 116 valence electrons. The Morgan fingerprint density at radius 3 is 2.71 bits per heavy atom. The first kappa shape index (κ1) is 15.9. The lowest BCUT2D eigenvalue weighted by Gasteiger charge is -2.22. The van der Waals surface area contributed by atoms with Gasteiger partial charge in [-0.15, -0.1) is 0 Å². The number of aliphatic hydroxyl groups excluding tert-OH is 2. The Morgan fingerprint density at radius 1 is 1.43 bits per heavy atom. The highest BCUT2D eigenvalue weighted by atomic mass is 16.5. The molecule has 0 spiro atoms. The minimum atomic E-state index is -0.852. The zero-order valence-electron chi connectivity index (χ0n) is 12.0. The average Bonchev–Trinajstić information content (AvgIpc) is 2.76. The van der Waals surface area contributed by atoms with Crippen LogP contribution in [0.3, 0.4) is 0 Å². The van der Waals surface area contributed by atoms with Crippen LogP contribution in [0.2, 0.25) is 0 Å². The molecule has 5 N–H and O–H groups in total. The summed E-state index contributed by atoms with van der Waals surface area (Å²) in [5, 5.41) is 21.9. The molecule has 5 atom stereocenters. The third kappa shape index (κ3) is 3.79. The summed E-state index contributed by atoms with van der Waals surface area (Å²) >= 11 is 0. The Morgan fingerprint density at radius 2 is 2.10 bits per heavy atom. The maximum atomic E-state index is 12.1. The second-order valence-electron chi connectivity index (χ2n) is 5.38. The molecular formula is C15H22N2O4. The number of rotatable bonds is 5. The van der Waals surface area contributed by atoms with Crippen molar-refractivity contribution in [1.82, 2.24) is 5.32 Å². The molecule has 0 aliphatic carbocycles. The molecule has 2 rings (SSSR count). The van der Waals surface area contributed by atoms with Crippen LogP contribution in [0.1, 0.15) is 12.5 Å². The van der Waals surface area contributed by atoms with E-state index in [0.29, 0.717) is 6.42 Å². The van der Waals surface area contributed by atoms with Crippen molar-refractivity contribution < 1.29 is 19.7 Å². The molecule has 1 aromatic carbocycles. The highest BCUT2D eigenvalue weighted by Gasteiger charge is 2.42. The molecule has 1 aliphatic rings. The monoisotopic (exact) mass is 294 g/mol. The Balaban J connectivity index is 1.94. The fourth-order valence-electron chi connectivity index (χ4n) is 2.52.